The third-order valence-electron chi connectivity index (χ3n) is 5.41. The van der Waals surface area contributed by atoms with E-state index in [4.69, 9.17) is 0 Å². The fourth-order valence-electron chi connectivity index (χ4n) is 3.82. The molecule has 0 spiro atoms. The molecular formula is C18H21FN4O2. The average molecular weight is 344 g/mol. The first-order valence-corrected chi connectivity index (χ1v) is 8.75. The van der Waals surface area contributed by atoms with E-state index in [1.54, 1.807) is 12.1 Å². The Kier molecular flexibility index (Phi) is 3.94. The van der Waals surface area contributed by atoms with Crippen LogP contribution in [0.1, 0.15) is 43.0 Å². The number of amides is 1. The number of carbonyl (C=O) groups is 1. The maximum absolute atomic E-state index is 14.0. The van der Waals surface area contributed by atoms with Gasteiger partial charge in [0.05, 0.1) is 5.41 Å². The lowest BCUT2D eigenvalue weighted by atomic mass is 9.91. The van der Waals surface area contributed by atoms with E-state index in [-0.39, 0.29) is 23.3 Å². The van der Waals surface area contributed by atoms with E-state index in [1.165, 1.54) is 6.07 Å². The second-order valence-electron chi connectivity index (χ2n) is 7.20. The van der Waals surface area contributed by atoms with E-state index in [9.17, 15) is 14.0 Å². The van der Waals surface area contributed by atoms with Gasteiger partial charge in [0.25, 0.3) is 0 Å². The zero-order valence-corrected chi connectivity index (χ0v) is 13.9. The molecule has 2 aliphatic rings. The molecule has 0 radical (unpaired) electrons. The number of rotatable bonds is 4. The summed E-state index contributed by atoms with van der Waals surface area (Å²) in [5.74, 6) is 0.521. The van der Waals surface area contributed by atoms with Crippen molar-refractivity contribution in [1.82, 2.24) is 20.1 Å². The average Bonchev–Trinajstić information content (AvgIpc) is 3.28. The van der Waals surface area contributed by atoms with E-state index < -0.39 is 5.41 Å². The second-order valence-corrected chi connectivity index (χ2v) is 7.20. The van der Waals surface area contributed by atoms with Crippen LogP contribution in [0.15, 0.2) is 29.1 Å². The highest BCUT2D eigenvalue weighted by molar-refractivity contribution is 5.86. The van der Waals surface area contributed by atoms with Crippen molar-refractivity contribution in [3.8, 4) is 0 Å². The number of aromatic nitrogens is 3. The molecule has 0 bridgehead atoms. The molecule has 132 valence electrons. The minimum atomic E-state index is -0.455. The zero-order valence-electron chi connectivity index (χ0n) is 13.9. The van der Waals surface area contributed by atoms with Crippen molar-refractivity contribution in [3.63, 3.8) is 0 Å². The Morgan fingerprint density at radius 1 is 1.36 bits per heavy atom. The van der Waals surface area contributed by atoms with Gasteiger partial charge in [-0.05, 0) is 43.7 Å². The van der Waals surface area contributed by atoms with Crippen LogP contribution in [0.25, 0.3) is 0 Å². The smallest absolute Gasteiger partial charge is 0.340 e. The van der Waals surface area contributed by atoms with E-state index in [0.717, 1.165) is 25.7 Å². The van der Waals surface area contributed by atoms with Crippen LogP contribution in [0.5, 0.6) is 0 Å². The van der Waals surface area contributed by atoms with Crippen molar-refractivity contribution in [3.05, 3.63) is 52.0 Å². The molecular weight excluding hydrogens is 323 g/mol. The molecule has 1 saturated carbocycles. The zero-order chi connectivity index (χ0) is 17.4. The van der Waals surface area contributed by atoms with Crippen LogP contribution in [0.4, 0.5) is 4.39 Å². The van der Waals surface area contributed by atoms with Gasteiger partial charge in [0, 0.05) is 19.0 Å². The van der Waals surface area contributed by atoms with Crippen LogP contribution in [-0.2, 0) is 11.2 Å². The number of piperidine rings is 1. The maximum Gasteiger partial charge on any atom is 0.340 e. The van der Waals surface area contributed by atoms with Crippen molar-refractivity contribution >= 4 is 5.91 Å². The molecule has 25 heavy (non-hydrogen) atoms. The van der Waals surface area contributed by atoms with Crippen molar-refractivity contribution in [2.75, 3.05) is 13.1 Å². The number of likely N-dealkylation sites (tertiary alicyclic amines) is 1. The Hall–Kier alpha value is -2.44. The largest absolute Gasteiger partial charge is 0.341 e. The summed E-state index contributed by atoms with van der Waals surface area (Å²) in [7, 11) is 0. The van der Waals surface area contributed by atoms with Gasteiger partial charge < -0.3 is 4.90 Å². The maximum atomic E-state index is 14.0. The van der Waals surface area contributed by atoms with Crippen LogP contribution >= 0.6 is 0 Å². The first-order chi connectivity index (χ1) is 12.1. The molecule has 1 unspecified atom stereocenters. The molecule has 7 heteroatoms. The summed E-state index contributed by atoms with van der Waals surface area (Å²) in [6.07, 6.45) is 3.84. The van der Waals surface area contributed by atoms with Gasteiger partial charge in [0.15, 0.2) is 0 Å². The lowest BCUT2D eigenvalue weighted by molar-refractivity contribution is -0.138. The third-order valence-corrected chi connectivity index (χ3v) is 5.41. The minimum absolute atomic E-state index is 0.0425. The van der Waals surface area contributed by atoms with Gasteiger partial charge >= 0.3 is 5.69 Å². The predicted molar refractivity (Wildman–Crippen MR) is 89.5 cm³/mol. The van der Waals surface area contributed by atoms with Crippen LogP contribution in [-0.4, -0.2) is 39.1 Å². The Labute approximate surface area is 144 Å². The number of carbonyl (C=O) groups excluding carboxylic acids is 1. The summed E-state index contributed by atoms with van der Waals surface area (Å²) in [5.41, 5.74) is -0.168. The van der Waals surface area contributed by atoms with Gasteiger partial charge in [0.2, 0.25) is 5.91 Å². The number of H-pyrrole nitrogens is 2. The van der Waals surface area contributed by atoms with Gasteiger partial charge in [-0.1, -0.05) is 18.2 Å². The van der Waals surface area contributed by atoms with Gasteiger partial charge in [-0.15, -0.1) is 0 Å². The number of hydrogen-bond acceptors (Lipinski definition) is 3. The molecule has 2 N–H and O–H groups in total. The molecule has 4 rings (SSSR count). The predicted octanol–water partition coefficient (Wildman–Crippen LogP) is 1.97. The molecule has 1 atom stereocenters. The van der Waals surface area contributed by atoms with Crippen molar-refractivity contribution < 1.29 is 9.18 Å². The molecule has 1 aromatic heterocycles. The fourth-order valence-corrected chi connectivity index (χ4v) is 3.82. The van der Waals surface area contributed by atoms with Crippen molar-refractivity contribution in [2.45, 2.75) is 38.0 Å². The lowest BCUT2D eigenvalue weighted by Crippen LogP contribution is -2.44. The third kappa shape index (κ3) is 3.10. The highest BCUT2D eigenvalue weighted by atomic mass is 19.1. The summed E-state index contributed by atoms with van der Waals surface area (Å²) in [5, 5.41) is 6.40. The number of halogens is 1. The molecule has 1 amide bonds. The van der Waals surface area contributed by atoms with Gasteiger partial charge in [-0.25, -0.2) is 14.3 Å². The number of benzene rings is 1. The number of hydrogen-bond donors (Lipinski definition) is 2. The number of nitrogens with one attached hydrogen (secondary N) is 2. The molecule has 2 fully saturated rings. The SMILES string of the molecule is O=C(N1CCCC(c2n[nH]c(=O)[nH]2)C1)C1(Cc2ccccc2F)CC1. The Morgan fingerprint density at radius 3 is 2.84 bits per heavy atom. The van der Waals surface area contributed by atoms with Crippen molar-refractivity contribution in [1.29, 1.82) is 0 Å². The first kappa shape index (κ1) is 16.1. The van der Waals surface area contributed by atoms with Crippen LogP contribution in [0.2, 0.25) is 0 Å². The van der Waals surface area contributed by atoms with Gasteiger partial charge in [-0.3, -0.25) is 9.78 Å². The lowest BCUT2D eigenvalue weighted by Gasteiger charge is -2.34. The topological polar surface area (TPSA) is 81.8 Å². The molecule has 2 heterocycles. The van der Waals surface area contributed by atoms with Crippen molar-refractivity contribution in [2.24, 2.45) is 5.41 Å². The highest BCUT2D eigenvalue weighted by Crippen LogP contribution is 2.50. The summed E-state index contributed by atoms with van der Waals surface area (Å²) in [4.78, 5) is 28.9. The van der Waals surface area contributed by atoms with E-state index in [0.29, 0.717) is 30.9 Å². The van der Waals surface area contributed by atoms with Crippen LogP contribution in [0.3, 0.4) is 0 Å². The highest BCUT2D eigenvalue weighted by Gasteiger charge is 2.52. The Morgan fingerprint density at radius 2 is 2.16 bits per heavy atom. The van der Waals surface area contributed by atoms with E-state index in [1.807, 2.05) is 11.0 Å². The van der Waals surface area contributed by atoms with E-state index in [2.05, 4.69) is 15.2 Å². The molecule has 2 aromatic rings. The Balaban J connectivity index is 1.48. The summed E-state index contributed by atoms with van der Waals surface area (Å²) >= 11 is 0. The molecule has 6 nitrogen and oxygen atoms in total. The monoisotopic (exact) mass is 344 g/mol. The quantitative estimate of drug-likeness (QED) is 0.890. The first-order valence-electron chi connectivity index (χ1n) is 8.75. The molecule has 1 aliphatic carbocycles. The van der Waals surface area contributed by atoms with Crippen LogP contribution < -0.4 is 5.69 Å². The minimum Gasteiger partial charge on any atom is -0.341 e. The molecule has 1 aromatic carbocycles. The number of nitrogens with zero attached hydrogens (tertiary/aromatic N) is 2. The van der Waals surface area contributed by atoms with E-state index >= 15 is 0 Å². The fraction of sp³-hybridized carbons (Fsp3) is 0.500. The summed E-state index contributed by atoms with van der Waals surface area (Å²) in [6.45, 7) is 1.27. The Bertz CT molecular complexity index is 839. The summed E-state index contributed by atoms with van der Waals surface area (Å²) in [6, 6.07) is 6.68. The molecule has 1 saturated heterocycles. The number of aromatic amines is 2. The van der Waals surface area contributed by atoms with Gasteiger partial charge in [0.1, 0.15) is 11.6 Å². The van der Waals surface area contributed by atoms with Gasteiger partial charge in [-0.2, -0.15) is 5.10 Å². The second kappa shape index (κ2) is 6.13. The standard InChI is InChI=1S/C18H21FN4O2/c19-14-6-2-1-4-12(14)10-18(7-8-18)16(24)23-9-3-5-13(11-23)15-20-17(25)22-21-15/h1-2,4,6,13H,3,5,7-11H2,(H2,20,21,22,25). The summed E-state index contributed by atoms with van der Waals surface area (Å²) < 4.78 is 14.0. The normalized spacial score (nSPS) is 22.0. The van der Waals surface area contributed by atoms with Crippen LogP contribution in [0, 0.1) is 11.2 Å². The molecule has 1 aliphatic heterocycles.